The maximum Gasteiger partial charge on any atom is 0.377 e. The van der Waals surface area contributed by atoms with Gasteiger partial charge in [0.2, 0.25) is 12.7 Å². The maximum atomic E-state index is 14.6. The maximum absolute atomic E-state index is 14.6. The Morgan fingerprint density at radius 2 is 1.58 bits per heavy atom. The largest absolute Gasteiger partial charge is 0.479 e. The predicted octanol–water partition coefficient (Wildman–Crippen LogP) is 5.05. The van der Waals surface area contributed by atoms with Crippen LogP contribution in [0.25, 0.3) is 27.9 Å². The molecule has 1 fully saturated rings. The van der Waals surface area contributed by atoms with E-state index < -0.39 is 53.8 Å². The molecule has 1 aromatic heterocycles. The van der Waals surface area contributed by atoms with Crippen molar-refractivity contribution in [3.05, 3.63) is 108 Å². The Labute approximate surface area is 295 Å². The molecule has 14 nitrogen and oxygen atoms in total. The number of aromatic nitrogens is 1. The van der Waals surface area contributed by atoms with Crippen molar-refractivity contribution in [2.24, 2.45) is 0 Å². The van der Waals surface area contributed by atoms with Gasteiger partial charge in [-0.05, 0) is 71.7 Å². The summed E-state index contributed by atoms with van der Waals surface area (Å²) in [5, 5.41) is 31.4. The standard InChI is InChI=1S/C38H32N2O12/c1-21(26(25-15-16-29-30(18-25)49-20-48-29)9-6-12-31-39-27-10-4-5-11-28(27)50-31)40(19-22-13-14-23-7-2-3-8-24(23)17-22)34(41)32-33(35(42)43)52-38(51-32,36(44)45)37(46)47/h2-8,10-18,21,26,32-33H,9,19-20H2,1H3,(H,42,43)(H,44,45)(H,46,47)/b12-6+/t21-,26+,32+,33-/m1/s1. The highest BCUT2D eigenvalue weighted by Gasteiger charge is 2.64. The number of hydrogen-bond donors (Lipinski definition) is 3. The van der Waals surface area contributed by atoms with Gasteiger partial charge in [-0.2, -0.15) is 0 Å². The molecule has 0 aliphatic carbocycles. The third-order valence-corrected chi connectivity index (χ3v) is 9.22. The zero-order valence-electron chi connectivity index (χ0n) is 27.6. The second-order valence-electron chi connectivity index (χ2n) is 12.4. The quantitative estimate of drug-likeness (QED) is 0.146. The molecule has 52 heavy (non-hydrogen) atoms. The van der Waals surface area contributed by atoms with Crippen LogP contribution in [0.5, 0.6) is 11.5 Å². The van der Waals surface area contributed by atoms with Crippen LogP contribution in [-0.2, 0) is 35.2 Å². The van der Waals surface area contributed by atoms with Crippen LogP contribution in [0.1, 0.15) is 36.3 Å². The Hall–Kier alpha value is -6.25. The van der Waals surface area contributed by atoms with Gasteiger partial charge >= 0.3 is 23.7 Å². The van der Waals surface area contributed by atoms with Crippen molar-refractivity contribution in [3.8, 4) is 11.5 Å². The predicted molar refractivity (Wildman–Crippen MR) is 182 cm³/mol. The smallest absolute Gasteiger partial charge is 0.377 e. The van der Waals surface area contributed by atoms with E-state index in [4.69, 9.17) is 23.4 Å². The molecule has 1 saturated heterocycles. The van der Waals surface area contributed by atoms with Crippen molar-refractivity contribution in [3.63, 3.8) is 0 Å². The van der Waals surface area contributed by atoms with Gasteiger partial charge in [0.25, 0.3) is 5.91 Å². The Morgan fingerprint density at radius 1 is 0.865 bits per heavy atom. The van der Waals surface area contributed by atoms with Crippen molar-refractivity contribution in [1.29, 1.82) is 0 Å². The summed E-state index contributed by atoms with van der Waals surface area (Å²) < 4.78 is 27.3. The molecule has 0 radical (unpaired) electrons. The molecule has 4 aromatic carbocycles. The minimum Gasteiger partial charge on any atom is -0.479 e. The van der Waals surface area contributed by atoms with Crippen molar-refractivity contribution in [1.82, 2.24) is 9.88 Å². The van der Waals surface area contributed by atoms with Gasteiger partial charge in [-0.15, -0.1) is 0 Å². The number of hydrogen-bond acceptors (Lipinski definition) is 10. The van der Waals surface area contributed by atoms with Gasteiger partial charge in [-0.1, -0.05) is 60.7 Å². The number of rotatable bonds is 12. The summed E-state index contributed by atoms with van der Waals surface area (Å²) in [4.78, 5) is 57.0. The zero-order valence-corrected chi connectivity index (χ0v) is 27.6. The second kappa shape index (κ2) is 13.8. The molecule has 7 rings (SSSR count). The Balaban J connectivity index is 1.29. The number of para-hydroxylation sites is 2. The highest BCUT2D eigenvalue weighted by Crippen LogP contribution is 2.39. The molecule has 5 aromatic rings. The van der Waals surface area contributed by atoms with Crippen LogP contribution < -0.4 is 9.47 Å². The molecular weight excluding hydrogens is 676 g/mol. The van der Waals surface area contributed by atoms with E-state index in [0.29, 0.717) is 40.5 Å². The van der Waals surface area contributed by atoms with E-state index >= 15 is 0 Å². The number of carboxylic acids is 3. The van der Waals surface area contributed by atoms with Gasteiger partial charge in [-0.25, -0.2) is 19.4 Å². The highest BCUT2D eigenvalue weighted by molar-refractivity contribution is 6.02. The summed E-state index contributed by atoms with van der Waals surface area (Å²) in [5.41, 5.74) is 2.69. The molecule has 1 amide bonds. The van der Waals surface area contributed by atoms with Crippen LogP contribution >= 0.6 is 0 Å². The number of carbonyl (C=O) groups is 4. The number of oxazole rings is 1. The molecule has 0 bridgehead atoms. The fraction of sp³-hybridized carbons (Fsp3) is 0.237. The molecule has 2 aliphatic heterocycles. The van der Waals surface area contributed by atoms with Crippen LogP contribution in [0.3, 0.4) is 0 Å². The number of carbonyl (C=O) groups excluding carboxylic acids is 1. The highest BCUT2D eigenvalue weighted by atomic mass is 16.8. The summed E-state index contributed by atoms with van der Waals surface area (Å²) >= 11 is 0. The fourth-order valence-electron chi connectivity index (χ4n) is 6.53. The first kappa shape index (κ1) is 34.2. The summed E-state index contributed by atoms with van der Waals surface area (Å²) in [6.07, 6.45) is -0.511. The van der Waals surface area contributed by atoms with Gasteiger partial charge in [0.05, 0.1) is 0 Å². The first-order chi connectivity index (χ1) is 25.0. The van der Waals surface area contributed by atoms with E-state index in [0.717, 1.165) is 16.3 Å². The number of amides is 1. The van der Waals surface area contributed by atoms with Crippen molar-refractivity contribution in [2.75, 3.05) is 6.79 Å². The molecule has 2 aliphatic rings. The van der Waals surface area contributed by atoms with Crippen molar-refractivity contribution < 1.29 is 57.9 Å². The van der Waals surface area contributed by atoms with Crippen LogP contribution in [-0.4, -0.2) is 79.8 Å². The van der Waals surface area contributed by atoms with Crippen molar-refractivity contribution in [2.45, 2.75) is 49.8 Å². The number of aliphatic carboxylic acids is 3. The van der Waals surface area contributed by atoms with E-state index in [1.54, 1.807) is 31.2 Å². The zero-order chi connectivity index (χ0) is 36.6. The average molecular weight is 709 g/mol. The van der Waals surface area contributed by atoms with Gasteiger partial charge in [0.1, 0.15) is 5.52 Å². The van der Waals surface area contributed by atoms with Gasteiger partial charge in [0.15, 0.2) is 29.3 Å². The Kier molecular flexibility index (Phi) is 9.09. The number of carboxylic acid groups (broad SMARTS) is 3. The first-order valence-corrected chi connectivity index (χ1v) is 16.3. The molecule has 0 spiro atoms. The lowest BCUT2D eigenvalue weighted by Crippen LogP contribution is -2.51. The minimum absolute atomic E-state index is 0.0354. The van der Waals surface area contributed by atoms with Crippen molar-refractivity contribution >= 4 is 51.8 Å². The normalized spacial score (nSPS) is 18.8. The number of fused-ring (bicyclic) bond motifs is 3. The second-order valence-corrected chi connectivity index (χ2v) is 12.4. The lowest BCUT2D eigenvalue weighted by molar-refractivity contribution is -0.221. The van der Waals surface area contributed by atoms with Crippen LogP contribution in [0, 0.1) is 0 Å². The van der Waals surface area contributed by atoms with E-state index in [9.17, 15) is 34.5 Å². The molecule has 0 unspecified atom stereocenters. The SMILES string of the molecule is C[C@H]([C@H](C/C=C/c1nc2ccccc2o1)c1ccc2c(c1)OCO2)N(Cc1ccc2ccccc2c1)C(=O)[C@H]1OC(C(=O)O)(C(=O)O)O[C@H]1C(=O)O. The van der Waals surface area contributed by atoms with Gasteiger partial charge < -0.3 is 43.6 Å². The van der Waals surface area contributed by atoms with E-state index in [-0.39, 0.29) is 13.3 Å². The van der Waals surface area contributed by atoms with Crippen LogP contribution in [0.2, 0.25) is 0 Å². The molecular formula is C38H32N2O12. The molecule has 3 heterocycles. The Bertz CT molecular complexity index is 2180. The minimum atomic E-state index is -3.42. The lowest BCUT2D eigenvalue weighted by atomic mass is 9.87. The van der Waals surface area contributed by atoms with Crippen LogP contribution in [0.15, 0.2) is 95.4 Å². The van der Waals surface area contributed by atoms with E-state index in [1.807, 2.05) is 72.8 Å². The summed E-state index contributed by atoms with van der Waals surface area (Å²) in [7, 11) is 0. The molecule has 266 valence electrons. The topological polar surface area (TPSA) is 195 Å². The molecule has 14 heteroatoms. The average Bonchev–Trinajstić information content (AvgIpc) is 3.89. The van der Waals surface area contributed by atoms with Gasteiger partial charge in [-0.3, -0.25) is 4.79 Å². The lowest BCUT2D eigenvalue weighted by Gasteiger charge is -2.36. The van der Waals surface area contributed by atoms with Gasteiger partial charge in [0, 0.05) is 18.5 Å². The summed E-state index contributed by atoms with van der Waals surface area (Å²) in [6, 6.07) is 25.1. The Morgan fingerprint density at radius 3 is 2.33 bits per heavy atom. The molecule has 4 atom stereocenters. The first-order valence-electron chi connectivity index (χ1n) is 16.3. The number of allylic oxidation sites excluding steroid dienone is 1. The fourth-order valence-corrected chi connectivity index (χ4v) is 6.53. The van der Waals surface area contributed by atoms with E-state index in [1.165, 1.54) is 4.90 Å². The summed E-state index contributed by atoms with van der Waals surface area (Å²) in [6.45, 7) is 1.71. The third-order valence-electron chi connectivity index (χ3n) is 9.22. The molecule has 0 saturated carbocycles. The van der Waals surface area contributed by atoms with E-state index in [2.05, 4.69) is 4.98 Å². The number of benzene rings is 4. The number of nitrogens with zero attached hydrogens (tertiary/aromatic N) is 2. The monoisotopic (exact) mass is 708 g/mol. The van der Waals surface area contributed by atoms with Crippen LogP contribution in [0.4, 0.5) is 0 Å². The summed E-state index contributed by atoms with van der Waals surface area (Å²) in [5.74, 6) is -9.50. The third kappa shape index (κ3) is 6.40. The number of ether oxygens (including phenoxy) is 4. The molecule has 3 N–H and O–H groups in total.